The number of para-hydroxylation sites is 1. The van der Waals surface area contributed by atoms with E-state index in [4.69, 9.17) is 23.2 Å². The van der Waals surface area contributed by atoms with Crippen molar-refractivity contribution in [3.63, 3.8) is 0 Å². The highest BCUT2D eigenvalue weighted by Crippen LogP contribution is 2.24. The Hall–Kier alpha value is -1.65. The van der Waals surface area contributed by atoms with E-state index in [0.29, 0.717) is 5.69 Å². The lowest BCUT2D eigenvalue weighted by Crippen LogP contribution is -2.15. The van der Waals surface area contributed by atoms with Gasteiger partial charge in [-0.15, -0.1) is 0 Å². The lowest BCUT2D eigenvalue weighted by molar-refractivity contribution is 0.102. The zero-order chi connectivity index (χ0) is 14.9. The third kappa shape index (κ3) is 2.92. The van der Waals surface area contributed by atoms with Gasteiger partial charge in [0.25, 0.3) is 5.91 Å². The molecule has 0 atom stereocenters. The second-order valence-electron chi connectivity index (χ2n) is 4.32. The van der Waals surface area contributed by atoms with Gasteiger partial charge < -0.3 is 5.32 Å². The van der Waals surface area contributed by atoms with Crippen LogP contribution in [0.4, 0.5) is 10.1 Å². The largest absolute Gasteiger partial charge is 0.321 e. The first kappa shape index (κ1) is 14.8. The van der Waals surface area contributed by atoms with Crippen molar-refractivity contribution in [2.75, 3.05) is 5.32 Å². The maximum atomic E-state index is 13.4. The quantitative estimate of drug-likeness (QED) is 0.835. The number of hydrogen-bond acceptors (Lipinski definition) is 2. The Bertz CT molecular complexity index is 669. The molecule has 20 heavy (non-hydrogen) atoms. The van der Waals surface area contributed by atoms with Gasteiger partial charge in [-0.05, 0) is 31.0 Å². The molecule has 6 heteroatoms. The van der Waals surface area contributed by atoms with Crippen LogP contribution < -0.4 is 5.32 Å². The maximum absolute atomic E-state index is 13.4. The Morgan fingerprint density at radius 3 is 2.40 bits per heavy atom. The SMILES string of the molecule is Cc1cccc(C)c1NC(=O)c1cc(F)c(Cl)nc1Cl. The van der Waals surface area contributed by atoms with E-state index in [9.17, 15) is 9.18 Å². The fourth-order valence-electron chi connectivity index (χ4n) is 1.80. The first-order valence-electron chi connectivity index (χ1n) is 5.79. The number of halogens is 3. The predicted octanol–water partition coefficient (Wildman–Crippen LogP) is 4.40. The van der Waals surface area contributed by atoms with Crippen LogP contribution >= 0.6 is 23.2 Å². The number of hydrogen-bond donors (Lipinski definition) is 1. The Morgan fingerprint density at radius 2 is 1.80 bits per heavy atom. The van der Waals surface area contributed by atoms with Gasteiger partial charge in [0.2, 0.25) is 0 Å². The first-order chi connectivity index (χ1) is 9.40. The molecule has 2 aromatic rings. The minimum atomic E-state index is -0.789. The molecule has 1 aromatic heterocycles. The van der Waals surface area contributed by atoms with Crippen molar-refractivity contribution in [3.8, 4) is 0 Å². The molecule has 1 amide bonds. The summed E-state index contributed by atoms with van der Waals surface area (Å²) >= 11 is 11.3. The number of aromatic nitrogens is 1. The van der Waals surface area contributed by atoms with Crippen molar-refractivity contribution in [2.45, 2.75) is 13.8 Å². The van der Waals surface area contributed by atoms with Crippen LogP contribution in [-0.2, 0) is 0 Å². The number of rotatable bonds is 2. The van der Waals surface area contributed by atoms with Crippen LogP contribution in [0.5, 0.6) is 0 Å². The van der Waals surface area contributed by atoms with E-state index in [2.05, 4.69) is 10.3 Å². The highest BCUT2D eigenvalue weighted by atomic mass is 35.5. The van der Waals surface area contributed by atoms with Gasteiger partial charge in [-0.3, -0.25) is 4.79 Å². The number of nitrogens with one attached hydrogen (secondary N) is 1. The number of benzene rings is 1. The summed E-state index contributed by atoms with van der Waals surface area (Å²) in [5, 5.41) is 2.21. The van der Waals surface area contributed by atoms with Crippen LogP contribution in [0.15, 0.2) is 24.3 Å². The molecule has 1 aromatic carbocycles. The number of aryl methyl sites for hydroxylation is 2. The minimum absolute atomic E-state index is 0.0591. The van der Waals surface area contributed by atoms with Crippen molar-refractivity contribution in [2.24, 2.45) is 0 Å². The predicted molar refractivity (Wildman–Crippen MR) is 78.1 cm³/mol. The molecule has 0 radical (unpaired) electrons. The molecule has 0 fully saturated rings. The zero-order valence-electron chi connectivity index (χ0n) is 10.8. The zero-order valence-corrected chi connectivity index (χ0v) is 12.3. The van der Waals surface area contributed by atoms with Crippen molar-refractivity contribution >= 4 is 34.8 Å². The Balaban J connectivity index is 2.36. The fraction of sp³-hybridized carbons (Fsp3) is 0.143. The average Bonchev–Trinajstić information content (AvgIpc) is 2.38. The number of amides is 1. The summed E-state index contributed by atoms with van der Waals surface area (Å²) in [4.78, 5) is 15.7. The number of anilines is 1. The van der Waals surface area contributed by atoms with Crippen LogP contribution in [-0.4, -0.2) is 10.9 Å². The van der Waals surface area contributed by atoms with E-state index in [0.717, 1.165) is 17.2 Å². The minimum Gasteiger partial charge on any atom is -0.321 e. The Kier molecular flexibility index (Phi) is 4.26. The van der Waals surface area contributed by atoms with E-state index in [1.165, 1.54) is 0 Å². The maximum Gasteiger partial charge on any atom is 0.258 e. The number of nitrogens with zero attached hydrogens (tertiary/aromatic N) is 1. The van der Waals surface area contributed by atoms with Crippen molar-refractivity contribution in [1.82, 2.24) is 4.98 Å². The number of carbonyl (C=O) groups is 1. The van der Waals surface area contributed by atoms with Crippen LogP contribution in [0.25, 0.3) is 0 Å². The van der Waals surface area contributed by atoms with E-state index in [1.54, 1.807) is 0 Å². The standard InChI is InChI=1S/C14H11Cl2FN2O/c1-7-4-3-5-8(2)11(7)18-14(20)9-6-10(17)13(16)19-12(9)15/h3-6H,1-2H3,(H,18,20). The summed E-state index contributed by atoms with van der Waals surface area (Å²) in [5.41, 5.74) is 2.41. The van der Waals surface area contributed by atoms with E-state index in [-0.39, 0.29) is 15.9 Å². The van der Waals surface area contributed by atoms with Crippen LogP contribution in [0.1, 0.15) is 21.5 Å². The van der Waals surface area contributed by atoms with Crippen molar-refractivity contribution < 1.29 is 9.18 Å². The fourth-order valence-corrected chi connectivity index (χ4v) is 2.20. The molecular weight excluding hydrogens is 302 g/mol. The summed E-state index contributed by atoms with van der Waals surface area (Å²) in [6, 6.07) is 6.59. The normalized spacial score (nSPS) is 10.4. The summed E-state index contributed by atoms with van der Waals surface area (Å²) in [6.07, 6.45) is 0. The first-order valence-corrected chi connectivity index (χ1v) is 6.55. The highest BCUT2D eigenvalue weighted by Gasteiger charge is 2.17. The van der Waals surface area contributed by atoms with Gasteiger partial charge in [0, 0.05) is 5.69 Å². The summed E-state index contributed by atoms with van der Waals surface area (Å²) in [6.45, 7) is 3.73. The van der Waals surface area contributed by atoms with Gasteiger partial charge in [0.15, 0.2) is 11.0 Å². The second kappa shape index (κ2) is 5.77. The Morgan fingerprint density at radius 1 is 1.20 bits per heavy atom. The van der Waals surface area contributed by atoms with Gasteiger partial charge >= 0.3 is 0 Å². The number of pyridine rings is 1. The molecule has 0 bridgehead atoms. The molecule has 1 N–H and O–H groups in total. The van der Waals surface area contributed by atoms with E-state index < -0.39 is 11.7 Å². The van der Waals surface area contributed by atoms with Gasteiger partial charge in [-0.1, -0.05) is 41.4 Å². The summed E-state index contributed by atoms with van der Waals surface area (Å²) in [5.74, 6) is -1.32. The third-order valence-corrected chi connectivity index (χ3v) is 3.40. The molecule has 0 saturated carbocycles. The topological polar surface area (TPSA) is 42.0 Å². The summed E-state index contributed by atoms with van der Waals surface area (Å²) in [7, 11) is 0. The van der Waals surface area contributed by atoms with Crippen molar-refractivity contribution in [1.29, 1.82) is 0 Å². The molecule has 0 aliphatic rings. The Labute approximate surface area is 125 Å². The summed E-state index contributed by atoms with van der Waals surface area (Å²) < 4.78 is 13.4. The lowest BCUT2D eigenvalue weighted by Gasteiger charge is -2.12. The van der Waals surface area contributed by atoms with Gasteiger partial charge in [-0.25, -0.2) is 9.37 Å². The monoisotopic (exact) mass is 312 g/mol. The second-order valence-corrected chi connectivity index (χ2v) is 5.04. The van der Waals surface area contributed by atoms with Gasteiger partial charge in [-0.2, -0.15) is 0 Å². The molecule has 0 spiro atoms. The average molecular weight is 313 g/mol. The van der Waals surface area contributed by atoms with Crippen LogP contribution in [0, 0.1) is 19.7 Å². The van der Waals surface area contributed by atoms with E-state index in [1.807, 2.05) is 32.0 Å². The molecule has 0 aliphatic carbocycles. The molecular formula is C14H11Cl2FN2O. The highest BCUT2D eigenvalue weighted by molar-refractivity contribution is 6.35. The smallest absolute Gasteiger partial charge is 0.258 e. The van der Waals surface area contributed by atoms with E-state index >= 15 is 0 Å². The molecule has 104 valence electrons. The molecule has 1 heterocycles. The molecule has 2 rings (SSSR count). The molecule has 0 unspecified atom stereocenters. The number of carbonyl (C=O) groups excluding carboxylic acids is 1. The van der Waals surface area contributed by atoms with Crippen LogP contribution in [0.2, 0.25) is 10.3 Å². The molecule has 0 saturated heterocycles. The van der Waals surface area contributed by atoms with Gasteiger partial charge in [0.1, 0.15) is 5.15 Å². The van der Waals surface area contributed by atoms with Crippen molar-refractivity contribution in [3.05, 3.63) is 57.1 Å². The third-order valence-electron chi connectivity index (χ3n) is 2.85. The molecule has 0 aliphatic heterocycles. The van der Waals surface area contributed by atoms with Gasteiger partial charge in [0.05, 0.1) is 5.56 Å². The lowest BCUT2D eigenvalue weighted by atomic mass is 10.1. The van der Waals surface area contributed by atoms with Crippen LogP contribution in [0.3, 0.4) is 0 Å². The molecule has 3 nitrogen and oxygen atoms in total.